The minimum absolute atomic E-state index is 0.00883. The molecule has 7 heteroatoms. The molecule has 1 aromatic heterocycles. The van der Waals surface area contributed by atoms with Gasteiger partial charge < -0.3 is 15.0 Å². The van der Waals surface area contributed by atoms with Crippen LogP contribution < -0.4 is 10.1 Å². The average molecular weight is 262 g/mol. The summed E-state index contributed by atoms with van der Waals surface area (Å²) in [6, 6.07) is 4.75. The molecule has 7 nitrogen and oxygen atoms in total. The Morgan fingerprint density at radius 2 is 2.37 bits per heavy atom. The zero-order valence-electron chi connectivity index (χ0n) is 10.4. The van der Waals surface area contributed by atoms with Gasteiger partial charge in [-0.1, -0.05) is 0 Å². The topological polar surface area (TPSA) is 93.1 Å². The van der Waals surface area contributed by atoms with Crippen molar-refractivity contribution in [2.75, 3.05) is 11.9 Å². The van der Waals surface area contributed by atoms with Gasteiger partial charge in [0.25, 0.3) is 5.69 Å². The Labute approximate surface area is 109 Å². The van der Waals surface area contributed by atoms with E-state index in [0.717, 1.165) is 5.69 Å². The van der Waals surface area contributed by atoms with Crippen molar-refractivity contribution in [2.45, 2.75) is 13.5 Å². The number of H-pyrrole nitrogens is 1. The molecule has 0 radical (unpaired) electrons. The number of rotatable bonds is 6. The summed E-state index contributed by atoms with van der Waals surface area (Å²) in [6.45, 7) is 2.74. The van der Waals surface area contributed by atoms with E-state index in [0.29, 0.717) is 24.6 Å². The van der Waals surface area contributed by atoms with Gasteiger partial charge in [0.05, 0.1) is 36.2 Å². The Morgan fingerprint density at radius 3 is 3.00 bits per heavy atom. The maximum atomic E-state index is 11.0. The van der Waals surface area contributed by atoms with E-state index < -0.39 is 4.92 Å². The molecule has 0 aliphatic carbocycles. The third-order valence-electron chi connectivity index (χ3n) is 2.50. The van der Waals surface area contributed by atoms with Gasteiger partial charge in [0.15, 0.2) is 0 Å². The van der Waals surface area contributed by atoms with Gasteiger partial charge in [0.1, 0.15) is 11.4 Å². The lowest BCUT2D eigenvalue weighted by atomic mass is 10.2. The number of nitro benzene ring substituents is 1. The molecule has 1 heterocycles. The van der Waals surface area contributed by atoms with Crippen LogP contribution in [-0.2, 0) is 6.54 Å². The summed E-state index contributed by atoms with van der Waals surface area (Å²) in [4.78, 5) is 17.4. The van der Waals surface area contributed by atoms with Crippen LogP contribution in [0.5, 0.6) is 5.75 Å². The van der Waals surface area contributed by atoms with E-state index in [1.807, 2.05) is 6.92 Å². The first-order valence-electron chi connectivity index (χ1n) is 5.83. The van der Waals surface area contributed by atoms with Crippen LogP contribution in [0.2, 0.25) is 0 Å². The number of ether oxygens (including phenoxy) is 1. The Balaban J connectivity index is 2.16. The minimum Gasteiger partial charge on any atom is -0.494 e. The van der Waals surface area contributed by atoms with Gasteiger partial charge in [-0.3, -0.25) is 10.1 Å². The van der Waals surface area contributed by atoms with Gasteiger partial charge in [0, 0.05) is 6.20 Å². The summed E-state index contributed by atoms with van der Waals surface area (Å²) < 4.78 is 5.25. The molecule has 0 unspecified atom stereocenters. The molecule has 0 saturated carbocycles. The van der Waals surface area contributed by atoms with E-state index in [2.05, 4.69) is 15.3 Å². The highest BCUT2D eigenvalue weighted by molar-refractivity contribution is 5.63. The Morgan fingerprint density at radius 1 is 1.53 bits per heavy atom. The number of anilines is 1. The molecule has 0 fully saturated rings. The number of aromatic nitrogens is 2. The first-order chi connectivity index (χ1) is 9.20. The average Bonchev–Trinajstić information content (AvgIpc) is 2.90. The van der Waals surface area contributed by atoms with E-state index in [-0.39, 0.29) is 5.69 Å². The van der Waals surface area contributed by atoms with Crippen LogP contribution in [0.3, 0.4) is 0 Å². The Hall–Kier alpha value is -2.57. The zero-order valence-corrected chi connectivity index (χ0v) is 10.4. The van der Waals surface area contributed by atoms with Gasteiger partial charge in [-0.15, -0.1) is 0 Å². The fraction of sp³-hybridized carbons (Fsp3) is 0.250. The SMILES string of the molecule is CCOc1ccc(NCc2cnc[nH]2)c([N+](=O)[O-])c1. The second kappa shape index (κ2) is 5.85. The standard InChI is InChI=1S/C12H14N4O3/c1-2-19-10-3-4-11(12(5-10)16(17)18)14-7-9-6-13-8-15-9/h3-6,8,14H,2,7H2,1H3,(H,13,15). The molecule has 0 aliphatic heterocycles. The summed E-state index contributed by atoms with van der Waals surface area (Å²) in [5, 5.41) is 14.0. The van der Waals surface area contributed by atoms with Crippen LogP contribution in [0.4, 0.5) is 11.4 Å². The predicted octanol–water partition coefficient (Wildman–Crippen LogP) is 2.33. The molecule has 0 aliphatic rings. The van der Waals surface area contributed by atoms with Gasteiger partial charge in [0.2, 0.25) is 0 Å². The first-order valence-corrected chi connectivity index (χ1v) is 5.83. The van der Waals surface area contributed by atoms with Gasteiger partial charge >= 0.3 is 0 Å². The quantitative estimate of drug-likeness (QED) is 0.615. The van der Waals surface area contributed by atoms with Crippen LogP contribution in [0, 0.1) is 10.1 Å². The molecule has 19 heavy (non-hydrogen) atoms. The van der Waals surface area contributed by atoms with Crippen LogP contribution in [0.25, 0.3) is 0 Å². The number of nitro groups is 1. The van der Waals surface area contributed by atoms with E-state index >= 15 is 0 Å². The van der Waals surface area contributed by atoms with E-state index in [1.54, 1.807) is 24.7 Å². The molecule has 2 N–H and O–H groups in total. The fourth-order valence-electron chi connectivity index (χ4n) is 1.64. The van der Waals surface area contributed by atoms with Crippen LogP contribution in [-0.4, -0.2) is 21.5 Å². The zero-order chi connectivity index (χ0) is 13.7. The monoisotopic (exact) mass is 262 g/mol. The normalized spacial score (nSPS) is 10.2. The molecule has 100 valence electrons. The Bertz CT molecular complexity index is 554. The van der Waals surface area contributed by atoms with Crippen molar-refractivity contribution in [1.29, 1.82) is 0 Å². The predicted molar refractivity (Wildman–Crippen MR) is 70.2 cm³/mol. The van der Waals surface area contributed by atoms with Gasteiger partial charge in [-0.25, -0.2) is 4.98 Å². The van der Waals surface area contributed by atoms with Gasteiger partial charge in [-0.05, 0) is 19.1 Å². The number of benzene rings is 1. The highest BCUT2D eigenvalue weighted by Gasteiger charge is 2.15. The molecule has 0 bridgehead atoms. The van der Waals surface area contributed by atoms with Crippen molar-refractivity contribution in [1.82, 2.24) is 9.97 Å². The third-order valence-corrected chi connectivity index (χ3v) is 2.50. The maximum Gasteiger partial charge on any atom is 0.296 e. The number of nitrogens with one attached hydrogen (secondary N) is 2. The number of hydrogen-bond acceptors (Lipinski definition) is 5. The van der Waals surface area contributed by atoms with Crippen molar-refractivity contribution in [3.63, 3.8) is 0 Å². The van der Waals surface area contributed by atoms with Gasteiger partial charge in [-0.2, -0.15) is 0 Å². The minimum atomic E-state index is -0.433. The molecular weight excluding hydrogens is 248 g/mol. The van der Waals surface area contributed by atoms with E-state index in [1.165, 1.54) is 6.07 Å². The molecule has 2 rings (SSSR count). The fourth-order valence-corrected chi connectivity index (χ4v) is 1.64. The molecule has 1 aromatic carbocycles. The highest BCUT2D eigenvalue weighted by Crippen LogP contribution is 2.29. The van der Waals surface area contributed by atoms with Crippen molar-refractivity contribution < 1.29 is 9.66 Å². The molecule has 2 aromatic rings. The third kappa shape index (κ3) is 3.21. The van der Waals surface area contributed by atoms with Crippen molar-refractivity contribution >= 4 is 11.4 Å². The number of hydrogen-bond donors (Lipinski definition) is 2. The summed E-state index contributed by atoms with van der Waals surface area (Å²) in [7, 11) is 0. The largest absolute Gasteiger partial charge is 0.494 e. The molecular formula is C12H14N4O3. The highest BCUT2D eigenvalue weighted by atomic mass is 16.6. The van der Waals surface area contributed by atoms with Crippen molar-refractivity contribution in [3.05, 3.63) is 46.5 Å². The second-order valence-corrected chi connectivity index (χ2v) is 3.80. The van der Waals surface area contributed by atoms with Crippen LogP contribution in [0.1, 0.15) is 12.6 Å². The number of aromatic amines is 1. The first kappa shape index (κ1) is 12.9. The van der Waals surface area contributed by atoms with E-state index in [4.69, 9.17) is 4.74 Å². The maximum absolute atomic E-state index is 11.0. The lowest BCUT2D eigenvalue weighted by Crippen LogP contribution is -2.03. The van der Waals surface area contributed by atoms with Crippen LogP contribution in [0.15, 0.2) is 30.7 Å². The molecule has 0 amide bonds. The summed E-state index contributed by atoms with van der Waals surface area (Å²) in [6.07, 6.45) is 3.22. The van der Waals surface area contributed by atoms with Crippen molar-refractivity contribution in [3.8, 4) is 5.75 Å². The smallest absolute Gasteiger partial charge is 0.296 e. The number of nitrogens with zero attached hydrogens (tertiary/aromatic N) is 2. The Kier molecular flexibility index (Phi) is 3.97. The second-order valence-electron chi connectivity index (χ2n) is 3.80. The lowest BCUT2D eigenvalue weighted by molar-refractivity contribution is -0.384. The molecule has 0 spiro atoms. The van der Waals surface area contributed by atoms with E-state index in [9.17, 15) is 10.1 Å². The summed E-state index contributed by atoms with van der Waals surface area (Å²) in [5.74, 6) is 0.487. The van der Waals surface area contributed by atoms with Crippen molar-refractivity contribution in [2.24, 2.45) is 0 Å². The molecule has 0 saturated heterocycles. The number of imidazole rings is 1. The molecule has 0 atom stereocenters. The lowest BCUT2D eigenvalue weighted by Gasteiger charge is -2.08. The summed E-state index contributed by atoms with van der Waals surface area (Å²) >= 11 is 0. The summed E-state index contributed by atoms with van der Waals surface area (Å²) in [5.41, 5.74) is 1.29. The van der Waals surface area contributed by atoms with Crippen LogP contribution >= 0.6 is 0 Å².